The normalized spacial score (nSPS) is 11.4. The van der Waals surface area contributed by atoms with E-state index in [1.807, 2.05) is 6.92 Å². The highest BCUT2D eigenvalue weighted by Gasteiger charge is 2.24. The van der Waals surface area contributed by atoms with Crippen molar-refractivity contribution in [3.63, 3.8) is 0 Å². The molecule has 1 unspecified atom stereocenters. The molecule has 1 aromatic carbocycles. The summed E-state index contributed by atoms with van der Waals surface area (Å²) in [6.45, 7) is 1.94. The van der Waals surface area contributed by atoms with Crippen LogP contribution in [0.15, 0.2) is 18.2 Å². The maximum Gasteiger partial charge on any atom is 0.342 e. The van der Waals surface area contributed by atoms with Crippen LogP contribution in [-0.2, 0) is 0 Å². The van der Waals surface area contributed by atoms with Gasteiger partial charge in [-0.2, -0.15) is 0 Å². The van der Waals surface area contributed by atoms with Crippen LogP contribution >= 0.6 is 0 Å². The van der Waals surface area contributed by atoms with Crippen molar-refractivity contribution in [1.29, 1.82) is 0 Å². The van der Waals surface area contributed by atoms with Gasteiger partial charge in [-0.25, -0.2) is 4.79 Å². The molecule has 0 heterocycles. The van der Waals surface area contributed by atoms with Crippen LogP contribution in [0.2, 0.25) is 0 Å². The minimum atomic E-state index is -1.34. The number of carbonyl (C=O) groups is 1. The van der Waals surface area contributed by atoms with E-state index in [1.54, 1.807) is 0 Å². The molecule has 0 saturated carbocycles. The summed E-state index contributed by atoms with van der Waals surface area (Å²) in [5.41, 5.74) is -0.699. The molecule has 0 saturated heterocycles. The summed E-state index contributed by atoms with van der Waals surface area (Å²) in [5.74, 6) is 1.14. The Morgan fingerprint density at radius 1 is 1.63 bits per heavy atom. The molecule has 6 heteroatoms. The second-order valence-electron chi connectivity index (χ2n) is 3.92. The molecule has 0 fully saturated rings. The van der Waals surface area contributed by atoms with Gasteiger partial charge in [0.05, 0.1) is 11.0 Å². The zero-order chi connectivity index (χ0) is 14.4. The fourth-order valence-corrected chi connectivity index (χ4v) is 1.70. The number of hydrogen-bond donors (Lipinski definition) is 2. The molecule has 100 valence electrons. The summed E-state index contributed by atoms with van der Waals surface area (Å²) in [5, 5.41) is 22.8. The summed E-state index contributed by atoms with van der Waals surface area (Å²) in [7, 11) is 0. The first kappa shape index (κ1) is 14.5. The van der Waals surface area contributed by atoms with Crippen LogP contribution in [0.25, 0.3) is 0 Å². The fourth-order valence-electron chi connectivity index (χ4n) is 1.70. The van der Waals surface area contributed by atoms with Crippen LogP contribution in [0.3, 0.4) is 0 Å². The minimum absolute atomic E-state index is 0.126. The summed E-state index contributed by atoms with van der Waals surface area (Å²) in [6.07, 6.45) is 6.79. The standard InChI is InChI=1S/C13H14N2O4/c1-3-6-9(4-2)14-11-8-5-7-10(13(16)17)12(11)15(18)19/h2,5,7-9,14H,3,6H2,1H3,(H,16,17). The summed E-state index contributed by atoms with van der Waals surface area (Å²) >= 11 is 0. The van der Waals surface area contributed by atoms with Gasteiger partial charge >= 0.3 is 11.7 Å². The van der Waals surface area contributed by atoms with Gasteiger partial charge in [-0.1, -0.05) is 25.3 Å². The Labute approximate surface area is 110 Å². The van der Waals surface area contributed by atoms with E-state index in [0.29, 0.717) is 6.42 Å². The molecule has 2 N–H and O–H groups in total. The Morgan fingerprint density at radius 3 is 2.79 bits per heavy atom. The van der Waals surface area contributed by atoms with Crippen molar-refractivity contribution in [2.45, 2.75) is 25.8 Å². The number of rotatable bonds is 6. The van der Waals surface area contributed by atoms with Gasteiger partial charge < -0.3 is 10.4 Å². The van der Waals surface area contributed by atoms with Gasteiger partial charge in [0.25, 0.3) is 0 Å². The molecule has 0 aromatic heterocycles. The smallest absolute Gasteiger partial charge is 0.342 e. The van der Waals surface area contributed by atoms with Crippen LogP contribution < -0.4 is 5.32 Å². The highest BCUT2D eigenvalue weighted by molar-refractivity contribution is 5.95. The second kappa shape index (κ2) is 6.40. The lowest BCUT2D eigenvalue weighted by Crippen LogP contribution is -2.18. The van der Waals surface area contributed by atoms with E-state index >= 15 is 0 Å². The van der Waals surface area contributed by atoms with Gasteiger partial charge in [0, 0.05) is 0 Å². The van der Waals surface area contributed by atoms with Crippen LogP contribution in [0.5, 0.6) is 0 Å². The van der Waals surface area contributed by atoms with E-state index < -0.39 is 16.6 Å². The van der Waals surface area contributed by atoms with Gasteiger partial charge in [-0.3, -0.25) is 10.1 Å². The minimum Gasteiger partial charge on any atom is -0.477 e. The lowest BCUT2D eigenvalue weighted by molar-refractivity contribution is -0.384. The molecular weight excluding hydrogens is 248 g/mol. The summed E-state index contributed by atoms with van der Waals surface area (Å²) < 4.78 is 0. The van der Waals surface area contributed by atoms with E-state index in [9.17, 15) is 14.9 Å². The third-order valence-electron chi connectivity index (χ3n) is 2.56. The number of aromatic carboxylic acids is 1. The molecule has 0 aliphatic rings. The lowest BCUT2D eigenvalue weighted by Gasteiger charge is -2.14. The Bertz CT molecular complexity index is 534. The number of nitrogens with zero attached hydrogens (tertiary/aromatic N) is 1. The molecule has 0 aliphatic carbocycles. The van der Waals surface area contributed by atoms with Crippen LogP contribution in [-0.4, -0.2) is 22.0 Å². The second-order valence-corrected chi connectivity index (χ2v) is 3.92. The van der Waals surface area contributed by atoms with Crippen molar-refractivity contribution in [3.05, 3.63) is 33.9 Å². The first-order chi connectivity index (χ1) is 9.01. The van der Waals surface area contributed by atoms with E-state index in [2.05, 4.69) is 11.2 Å². The molecular formula is C13H14N2O4. The van der Waals surface area contributed by atoms with Crippen molar-refractivity contribution in [2.24, 2.45) is 0 Å². The van der Waals surface area contributed by atoms with Crippen molar-refractivity contribution in [1.82, 2.24) is 0 Å². The van der Waals surface area contributed by atoms with Crippen molar-refractivity contribution >= 4 is 17.3 Å². The third kappa shape index (κ3) is 3.45. The van der Waals surface area contributed by atoms with E-state index in [-0.39, 0.29) is 17.3 Å². The van der Waals surface area contributed by atoms with Gasteiger partial charge in [-0.15, -0.1) is 6.42 Å². The van der Waals surface area contributed by atoms with Crippen LogP contribution in [0.4, 0.5) is 11.4 Å². The number of carboxylic acid groups (broad SMARTS) is 1. The third-order valence-corrected chi connectivity index (χ3v) is 2.56. The highest BCUT2D eigenvalue weighted by atomic mass is 16.6. The zero-order valence-electron chi connectivity index (χ0n) is 10.4. The Balaban J connectivity index is 3.21. The molecule has 0 aliphatic heterocycles. The summed E-state index contributed by atoms with van der Waals surface area (Å²) in [6, 6.07) is 3.71. The maximum absolute atomic E-state index is 11.0. The average molecular weight is 262 g/mol. The number of nitro benzene ring substituents is 1. The van der Waals surface area contributed by atoms with E-state index in [0.717, 1.165) is 6.42 Å². The Morgan fingerprint density at radius 2 is 2.32 bits per heavy atom. The number of hydrogen-bond acceptors (Lipinski definition) is 4. The predicted molar refractivity (Wildman–Crippen MR) is 71.2 cm³/mol. The maximum atomic E-state index is 11.0. The first-order valence-electron chi connectivity index (χ1n) is 5.74. The number of benzene rings is 1. The SMILES string of the molecule is C#CC(CCC)Nc1cccc(C(=O)O)c1[N+](=O)[O-]. The van der Waals surface area contributed by atoms with Gasteiger partial charge in [-0.05, 0) is 18.6 Å². The number of nitro groups is 1. The monoisotopic (exact) mass is 262 g/mol. The van der Waals surface area contributed by atoms with Crippen molar-refractivity contribution < 1.29 is 14.8 Å². The molecule has 1 atom stereocenters. The number of carboxylic acids is 1. The van der Waals surface area contributed by atoms with E-state index in [4.69, 9.17) is 11.5 Å². The Hall–Kier alpha value is -2.55. The van der Waals surface area contributed by atoms with Gasteiger partial charge in [0.2, 0.25) is 0 Å². The largest absolute Gasteiger partial charge is 0.477 e. The van der Waals surface area contributed by atoms with Gasteiger partial charge in [0.1, 0.15) is 11.3 Å². The number of para-hydroxylation sites is 1. The molecule has 0 radical (unpaired) electrons. The molecule has 1 aromatic rings. The van der Waals surface area contributed by atoms with Gasteiger partial charge in [0.15, 0.2) is 0 Å². The lowest BCUT2D eigenvalue weighted by atomic mass is 10.1. The first-order valence-corrected chi connectivity index (χ1v) is 5.74. The fraction of sp³-hybridized carbons (Fsp3) is 0.308. The summed E-state index contributed by atoms with van der Waals surface area (Å²) in [4.78, 5) is 21.3. The van der Waals surface area contributed by atoms with Crippen molar-refractivity contribution in [2.75, 3.05) is 5.32 Å². The van der Waals surface area contributed by atoms with E-state index in [1.165, 1.54) is 18.2 Å². The molecule has 6 nitrogen and oxygen atoms in total. The van der Waals surface area contributed by atoms with Crippen molar-refractivity contribution in [3.8, 4) is 12.3 Å². The molecule has 0 bridgehead atoms. The number of nitrogens with one attached hydrogen (secondary N) is 1. The molecule has 19 heavy (non-hydrogen) atoms. The molecule has 1 rings (SSSR count). The number of terminal acetylenes is 1. The predicted octanol–water partition coefficient (Wildman–Crippen LogP) is 2.51. The molecule has 0 spiro atoms. The quantitative estimate of drug-likeness (QED) is 0.467. The highest BCUT2D eigenvalue weighted by Crippen LogP contribution is 2.29. The Kier molecular flexibility index (Phi) is 4.89. The van der Waals surface area contributed by atoms with Crippen LogP contribution in [0, 0.1) is 22.5 Å². The zero-order valence-corrected chi connectivity index (χ0v) is 10.4. The molecule has 0 amide bonds. The topological polar surface area (TPSA) is 92.5 Å². The number of anilines is 1. The average Bonchev–Trinajstić information content (AvgIpc) is 2.37. The van der Waals surface area contributed by atoms with Crippen LogP contribution in [0.1, 0.15) is 30.1 Å².